The molecule has 0 amide bonds. The summed E-state index contributed by atoms with van der Waals surface area (Å²) in [4.78, 5) is 11.9. The second kappa shape index (κ2) is 6.41. The van der Waals surface area contributed by atoms with Crippen molar-refractivity contribution in [3.05, 3.63) is 33.3 Å². The fourth-order valence-electron chi connectivity index (χ4n) is 1.74. The van der Waals surface area contributed by atoms with Crippen LogP contribution in [0.3, 0.4) is 0 Å². The van der Waals surface area contributed by atoms with Crippen molar-refractivity contribution in [1.82, 2.24) is 0 Å². The van der Waals surface area contributed by atoms with E-state index >= 15 is 0 Å². The van der Waals surface area contributed by atoms with Crippen LogP contribution < -0.4 is 0 Å². The summed E-state index contributed by atoms with van der Waals surface area (Å²) in [6, 6.07) is 5.66. The van der Waals surface area contributed by atoms with Crippen LogP contribution >= 0.6 is 27.5 Å². The highest BCUT2D eigenvalue weighted by molar-refractivity contribution is 9.10. The van der Waals surface area contributed by atoms with Crippen molar-refractivity contribution in [2.75, 3.05) is 0 Å². The Balaban J connectivity index is 2.76. The topological polar surface area (TPSA) is 17.1 Å². The van der Waals surface area contributed by atoms with Crippen LogP contribution in [-0.4, -0.2) is 5.78 Å². The Bertz CT molecular complexity index is 372. The Kier molecular flexibility index (Phi) is 5.50. The molecule has 0 N–H and O–H groups in total. The average molecular weight is 304 g/mol. The second-order valence-electron chi connectivity index (χ2n) is 3.89. The van der Waals surface area contributed by atoms with E-state index in [2.05, 4.69) is 29.8 Å². The Morgan fingerprint density at radius 3 is 2.50 bits per heavy atom. The van der Waals surface area contributed by atoms with Gasteiger partial charge in [0.2, 0.25) is 0 Å². The van der Waals surface area contributed by atoms with Gasteiger partial charge in [-0.2, -0.15) is 0 Å². The number of carbonyl (C=O) groups is 1. The van der Waals surface area contributed by atoms with Gasteiger partial charge < -0.3 is 0 Å². The molecule has 0 aliphatic carbocycles. The van der Waals surface area contributed by atoms with E-state index in [4.69, 9.17) is 11.6 Å². The van der Waals surface area contributed by atoms with Crippen molar-refractivity contribution in [3.63, 3.8) is 0 Å². The summed E-state index contributed by atoms with van der Waals surface area (Å²) in [6.45, 7) is 4.10. The zero-order valence-electron chi connectivity index (χ0n) is 9.59. The van der Waals surface area contributed by atoms with Crippen molar-refractivity contribution in [2.45, 2.75) is 33.1 Å². The monoisotopic (exact) mass is 302 g/mol. The quantitative estimate of drug-likeness (QED) is 0.774. The predicted octanol–water partition coefficient (Wildman–Crippen LogP) is 4.65. The summed E-state index contributed by atoms with van der Waals surface area (Å²) in [7, 11) is 0. The third kappa shape index (κ3) is 3.60. The molecule has 0 spiro atoms. The third-order valence-electron chi connectivity index (χ3n) is 2.82. The minimum absolute atomic E-state index is 0.166. The van der Waals surface area contributed by atoms with Crippen LogP contribution in [-0.2, 0) is 11.2 Å². The van der Waals surface area contributed by atoms with Gasteiger partial charge in [-0.15, -0.1) is 0 Å². The van der Waals surface area contributed by atoms with Gasteiger partial charge in [-0.3, -0.25) is 4.79 Å². The lowest BCUT2D eigenvalue weighted by molar-refractivity contribution is -0.122. The molecular weight excluding hydrogens is 287 g/mol. The lowest BCUT2D eigenvalue weighted by Crippen LogP contribution is -2.15. The van der Waals surface area contributed by atoms with Crippen LogP contribution in [0.15, 0.2) is 22.7 Å². The van der Waals surface area contributed by atoms with Crippen molar-refractivity contribution in [1.29, 1.82) is 0 Å². The fourth-order valence-corrected chi connectivity index (χ4v) is 2.48. The van der Waals surface area contributed by atoms with E-state index in [0.29, 0.717) is 11.4 Å². The lowest BCUT2D eigenvalue weighted by atomic mass is 9.93. The van der Waals surface area contributed by atoms with E-state index in [1.54, 1.807) is 0 Å². The number of hydrogen-bond donors (Lipinski definition) is 0. The van der Waals surface area contributed by atoms with Crippen LogP contribution in [0.5, 0.6) is 0 Å². The first-order valence-corrected chi connectivity index (χ1v) is 6.72. The molecule has 0 heterocycles. The molecule has 1 rings (SSSR count). The highest BCUT2D eigenvalue weighted by atomic mass is 79.9. The highest BCUT2D eigenvalue weighted by Crippen LogP contribution is 2.23. The van der Waals surface area contributed by atoms with Gasteiger partial charge in [0.1, 0.15) is 5.78 Å². The fraction of sp³-hybridized carbons (Fsp3) is 0.462. The van der Waals surface area contributed by atoms with Crippen molar-refractivity contribution in [2.24, 2.45) is 5.92 Å². The molecular formula is C13H16BrClO. The molecule has 0 aromatic heterocycles. The molecule has 3 heteroatoms. The summed E-state index contributed by atoms with van der Waals surface area (Å²) in [5.74, 6) is 0.453. The summed E-state index contributed by atoms with van der Waals surface area (Å²) >= 11 is 9.43. The SMILES string of the molecule is CCC(CC)C(=O)Cc1ccc(Br)cc1Cl. The summed E-state index contributed by atoms with van der Waals surface area (Å²) in [5.41, 5.74) is 0.918. The van der Waals surface area contributed by atoms with Gasteiger partial charge in [0.25, 0.3) is 0 Å². The zero-order valence-corrected chi connectivity index (χ0v) is 11.9. The molecule has 0 fully saturated rings. The van der Waals surface area contributed by atoms with Gasteiger partial charge >= 0.3 is 0 Å². The number of halogens is 2. The van der Waals surface area contributed by atoms with Gasteiger partial charge in [-0.1, -0.05) is 47.4 Å². The summed E-state index contributed by atoms with van der Waals surface area (Å²) < 4.78 is 0.941. The minimum atomic E-state index is 0.166. The Labute approximate surface area is 110 Å². The first-order valence-electron chi connectivity index (χ1n) is 5.55. The van der Waals surface area contributed by atoms with Crippen LogP contribution in [0.2, 0.25) is 5.02 Å². The Morgan fingerprint density at radius 2 is 2.00 bits per heavy atom. The van der Waals surface area contributed by atoms with Crippen LogP contribution in [0.4, 0.5) is 0 Å². The molecule has 16 heavy (non-hydrogen) atoms. The molecule has 88 valence electrons. The largest absolute Gasteiger partial charge is 0.299 e. The molecule has 0 bridgehead atoms. The molecule has 0 radical (unpaired) electrons. The number of ketones is 1. The van der Waals surface area contributed by atoms with E-state index in [0.717, 1.165) is 22.9 Å². The molecule has 0 saturated heterocycles. The van der Waals surface area contributed by atoms with Gasteiger partial charge in [-0.05, 0) is 30.5 Å². The smallest absolute Gasteiger partial charge is 0.140 e. The van der Waals surface area contributed by atoms with Gasteiger partial charge in [0, 0.05) is 21.8 Å². The zero-order chi connectivity index (χ0) is 12.1. The maximum absolute atomic E-state index is 11.9. The van der Waals surface area contributed by atoms with E-state index in [-0.39, 0.29) is 11.7 Å². The molecule has 1 nitrogen and oxygen atoms in total. The first kappa shape index (κ1) is 13.7. The van der Waals surface area contributed by atoms with E-state index < -0.39 is 0 Å². The van der Waals surface area contributed by atoms with Crippen LogP contribution in [0.25, 0.3) is 0 Å². The summed E-state index contributed by atoms with van der Waals surface area (Å²) in [5, 5.41) is 0.661. The molecule has 0 unspecified atom stereocenters. The molecule has 0 atom stereocenters. The average Bonchev–Trinajstić information content (AvgIpc) is 2.24. The number of rotatable bonds is 5. The van der Waals surface area contributed by atoms with Crippen molar-refractivity contribution < 1.29 is 4.79 Å². The maximum atomic E-state index is 11.9. The number of carbonyl (C=O) groups excluding carboxylic acids is 1. The number of Topliss-reactive ketones (excluding diaryl/α,β-unsaturated/α-hetero) is 1. The number of hydrogen-bond acceptors (Lipinski definition) is 1. The third-order valence-corrected chi connectivity index (χ3v) is 3.67. The molecule has 1 aromatic rings. The first-order chi connectivity index (χ1) is 7.58. The summed E-state index contributed by atoms with van der Waals surface area (Å²) in [6.07, 6.45) is 2.26. The molecule has 0 aliphatic heterocycles. The number of benzene rings is 1. The van der Waals surface area contributed by atoms with Crippen LogP contribution in [0.1, 0.15) is 32.3 Å². The lowest BCUT2D eigenvalue weighted by Gasteiger charge is -2.11. The van der Waals surface area contributed by atoms with Crippen molar-refractivity contribution in [3.8, 4) is 0 Å². The molecule has 0 aliphatic rings. The predicted molar refractivity (Wildman–Crippen MR) is 71.9 cm³/mol. The normalized spacial score (nSPS) is 10.8. The Morgan fingerprint density at radius 1 is 1.38 bits per heavy atom. The van der Waals surface area contributed by atoms with E-state index in [1.807, 2.05) is 18.2 Å². The molecule has 0 saturated carbocycles. The standard InChI is InChI=1S/C13H16BrClO/c1-3-9(4-2)13(16)7-10-5-6-11(14)8-12(10)15/h5-6,8-9H,3-4,7H2,1-2H3. The molecule has 1 aromatic carbocycles. The van der Waals surface area contributed by atoms with Gasteiger partial charge in [-0.25, -0.2) is 0 Å². The van der Waals surface area contributed by atoms with E-state index in [1.165, 1.54) is 0 Å². The minimum Gasteiger partial charge on any atom is -0.299 e. The van der Waals surface area contributed by atoms with Crippen molar-refractivity contribution >= 4 is 33.3 Å². The Hall–Kier alpha value is -0.340. The second-order valence-corrected chi connectivity index (χ2v) is 5.22. The van der Waals surface area contributed by atoms with Gasteiger partial charge in [0.05, 0.1) is 0 Å². The van der Waals surface area contributed by atoms with Gasteiger partial charge in [0.15, 0.2) is 0 Å². The van der Waals surface area contributed by atoms with Crippen LogP contribution in [0, 0.1) is 5.92 Å². The maximum Gasteiger partial charge on any atom is 0.140 e. The van der Waals surface area contributed by atoms with E-state index in [9.17, 15) is 4.79 Å². The highest BCUT2D eigenvalue weighted by Gasteiger charge is 2.15.